The number of nitrogens with one attached hydrogen (secondary N) is 1. The zero-order valence-electron chi connectivity index (χ0n) is 11.0. The van der Waals surface area contributed by atoms with Crippen molar-refractivity contribution >= 4 is 0 Å². The summed E-state index contributed by atoms with van der Waals surface area (Å²) in [7, 11) is 1.66. The lowest BCUT2D eigenvalue weighted by Gasteiger charge is -2.31. The monoisotopic (exact) mass is 237 g/mol. The molecule has 0 saturated heterocycles. The van der Waals surface area contributed by atoms with Crippen LogP contribution in [0.5, 0.6) is 5.75 Å². The van der Waals surface area contributed by atoms with Gasteiger partial charge in [0.2, 0.25) is 0 Å². The fourth-order valence-corrected chi connectivity index (χ4v) is 1.81. The Morgan fingerprint density at radius 3 is 2.18 bits per heavy atom. The highest BCUT2D eigenvalue weighted by molar-refractivity contribution is 5.27. The highest BCUT2D eigenvalue weighted by atomic mass is 16.5. The van der Waals surface area contributed by atoms with Crippen LogP contribution >= 0.6 is 0 Å². The Balaban J connectivity index is 2.59. The van der Waals surface area contributed by atoms with Crippen LogP contribution in [0.2, 0.25) is 0 Å². The highest BCUT2D eigenvalue weighted by Crippen LogP contribution is 2.16. The average molecular weight is 237 g/mol. The fourth-order valence-electron chi connectivity index (χ4n) is 1.81. The van der Waals surface area contributed by atoms with Gasteiger partial charge in [0.15, 0.2) is 0 Å². The number of benzene rings is 1. The van der Waals surface area contributed by atoms with Gasteiger partial charge < -0.3 is 15.2 Å². The summed E-state index contributed by atoms with van der Waals surface area (Å²) in [4.78, 5) is 0. The zero-order valence-corrected chi connectivity index (χ0v) is 11.0. The summed E-state index contributed by atoms with van der Waals surface area (Å²) in [6, 6.07) is 7.99. The van der Waals surface area contributed by atoms with Gasteiger partial charge >= 0.3 is 0 Å². The first-order valence-corrected chi connectivity index (χ1v) is 6.18. The molecule has 17 heavy (non-hydrogen) atoms. The molecule has 0 fully saturated rings. The van der Waals surface area contributed by atoms with Crippen LogP contribution in [0.1, 0.15) is 32.3 Å². The van der Waals surface area contributed by atoms with Crippen molar-refractivity contribution in [2.75, 3.05) is 13.7 Å². The fraction of sp³-hybridized carbons (Fsp3) is 0.571. The molecule has 0 amide bonds. The molecule has 3 nitrogen and oxygen atoms in total. The molecular weight excluding hydrogens is 214 g/mol. The van der Waals surface area contributed by atoms with E-state index in [0.717, 1.165) is 25.1 Å². The SMILES string of the molecule is CCC(CC)(CO)NCc1ccc(OC)cc1. The third-order valence-corrected chi connectivity index (χ3v) is 3.48. The van der Waals surface area contributed by atoms with E-state index in [4.69, 9.17) is 4.74 Å². The van der Waals surface area contributed by atoms with Crippen molar-refractivity contribution in [1.29, 1.82) is 0 Å². The maximum absolute atomic E-state index is 9.45. The van der Waals surface area contributed by atoms with Crippen molar-refractivity contribution < 1.29 is 9.84 Å². The summed E-state index contributed by atoms with van der Waals surface area (Å²) < 4.78 is 5.12. The minimum absolute atomic E-state index is 0.153. The molecule has 0 aliphatic rings. The number of hydrogen-bond donors (Lipinski definition) is 2. The Labute approximate surface area is 104 Å². The lowest BCUT2D eigenvalue weighted by Crippen LogP contribution is -2.47. The largest absolute Gasteiger partial charge is 0.497 e. The quantitative estimate of drug-likeness (QED) is 0.765. The second-order valence-corrected chi connectivity index (χ2v) is 4.35. The molecule has 0 radical (unpaired) electrons. The molecule has 1 rings (SSSR count). The topological polar surface area (TPSA) is 41.5 Å². The van der Waals surface area contributed by atoms with Crippen LogP contribution in [-0.2, 0) is 6.54 Å². The Morgan fingerprint density at radius 2 is 1.76 bits per heavy atom. The lowest BCUT2D eigenvalue weighted by atomic mass is 9.93. The molecule has 0 aromatic heterocycles. The molecule has 0 aliphatic heterocycles. The summed E-state index contributed by atoms with van der Waals surface area (Å²) in [6.07, 6.45) is 1.85. The maximum atomic E-state index is 9.45. The number of aliphatic hydroxyl groups excluding tert-OH is 1. The molecule has 0 aliphatic carbocycles. The number of methoxy groups -OCH3 is 1. The van der Waals surface area contributed by atoms with Crippen molar-refractivity contribution in [3.8, 4) is 5.75 Å². The summed E-state index contributed by atoms with van der Waals surface area (Å²) in [5, 5.41) is 12.9. The van der Waals surface area contributed by atoms with Gasteiger partial charge in [-0.3, -0.25) is 0 Å². The van der Waals surface area contributed by atoms with Gasteiger partial charge in [-0.1, -0.05) is 26.0 Å². The number of rotatable bonds is 7. The maximum Gasteiger partial charge on any atom is 0.118 e. The average Bonchev–Trinajstić information content (AvgIpc) is 2.41. The second kappa shape index (κ2) is 6.62. The molecule has 96 valence electrons. The summed E-state index contributed by atoms with van der Waals surface area (Å²) >= 11 is 0. The molecule has 0 bridgehead atoms. The lowest BCUT2D eigenvalue weighted by molar-refractivity contribution is 0.149. The van der Waals surface area contributed by atoms with Crippen molar-refractivity contribution in [3.63, 3.8) is 0 Å². The summed E-state index contributed by atoms with van der Waals surface area (Å²) in [5.41, 5.74) is 1.05. The van der Waals surface area contributed by atoms with Crippen molar-refractivity contribution in [3.05, 3.63) is 29.8 Å². The molecule has 0 atom stereocenters. The van der Waals surface area contributed by atoms with Crippen molar-refractivity contribution in [2.45, 2.75) is 38.8 Å². The van der Waals surface area contributed by atoms with Crippen molar-refractivity contribution in [2.24, 2.45) is 0 Å². The van der Waals surface area contributed by atoms with Crippen LogP contribution in [0.25, 0.3) is 0 Å². The third-order valence-electron chi connectivity index (χ3n) is 3.48. The van der Waals surface area contributed by atoms with E-state index in [9.17, 15) is 5.11 Å². The molecule has 0 saturated carbocycles. The molecule has 0 unspecified atom stereocenters. The van der Waals surface area contributed by atoms with E-state index >= 15 is 0 Å². The third kappa shape index (κ3) is 3.72. The van der Waals surface area contributed by atoms with Gasteiger partial charge in [0.25, 0.3) is 0 Å². The van der Waals surface area contributed by atoms with Gasteiger partial charge in [-0.15, -0.1) is 0 Å². The molecule has 3 heteroatoms. The first-order valence-electron chi connectivity index (χ1n) is 6.18. The van der Waals surface area contributed by atoms with Gasteiger partial charge in [-0.05, 0) is 30.5 Å². The molecule has 1 aromatic rings. The Morgan fingerprint density at radius 1 is 1.18 bits per heavy atom. The van der Waals surface area contributed by atoms with Gasteiger partial charge in [0.1, 0.15) is 5.75 Å². The van der Waals surface area contributed by atoms with E-state index in [-0.39, 0.29) is 12.1 Å². The predicted octanol–water partition coefficient (Wildman–Crippen LogP) is 2.34. The normalized spacial score (nSPS) is 11.5. The smallest absolute Gasteiger partial charge is 0.118 e. The first kappa shape index (κ1) is 14.0. The van der Waals surface area contributed by atoms with E-state index in [1.165, 1.54) is 5.56 Å². The van der Waals surface area contributed by atoms with E-state index in [2.05, 4.69) is 19.2 Å². The number of hydrogen-bond acceptors (Lipinski definition) is 3. The summed E-state index contributed by atoms with van der Waals surface area (Å²) in [6.45, 7) is 5.14. The number of aliphatic hydroxyl groups is 1. The second-order valence-electron chi connectivity index (χ2n) is 4.35. The van der Waals surface area contributed by atoms with Gasteiger partial charge in [-0.25, -0.2) is 0 Å². The van der Waals surface area contributed by atoms with Crippen LogP contribution in [0, 0.1) is 0 Å². The van der Waals surface area contributed by atoms with E-state index in [0.29, 0.717) is 0 Å². The molecule has 1 aromatic carbocycles. The van der Waals surface area contributed by atoms with E-state index in [1.807, 2.05) is 24.3 Å². The highest BCUT2D eigenvalue weighted by Gasteiger charge is 2.23. The van der Waals surface area contributed by atoms with Crippen LogP contribution in [0.4, 0.5) is 0 Å². The van der Waals surface area contributed by atoms with Crippen LogP contribution in [0.3, 0.4) is 0 Å². The standard InChI is InChI=1S/C14H23NO2/c1-4-14(5-2,11-16)15-10-12-6-8-13(17-3)9-7-12/h6-9,15-16H,4-5,10-11H2,1-3H3. The first-order chi connectivity index (χ1) is 8.19. The van der Waals surface area contributed by atoms with Crippen molar-refractivity contribution in [1.82, 2.24) is 5.32 Å². The van der Waals surface area contributed by atoms with Crippen LogP contribution < -0.4 is 10.1 Å². The van der Waals surface area contributed by atoms with Crippen LogP contribution in [0.15, 0.2) is 24.3 Å². The predicted molar refractivity (Wildman–Crippen MR) is 70.2 cm³/mol. The molecule has 0 spiro atoms. The minimum Gasteiger partial charge on any atom is -0.497 e. The Hall–Kier alpha value is -1.06. The number of ether oxygens (including phenoxy) is 1. The van der Waals surface area contributed by atoms with E-state index < -0.39 is 0 Å². The Bertz CT molecular complexity index is 309. The van der Waals surface area contributed by atoms with Gasteiger partial charge in [0, 0.05) is 12.1 Å². The summed E-state index contributed by atoms with van der Waals surface area (Å²) in [5.74, 6) is 0.869. The van der Waals surface area contributed by atoms with Crippen LogP contribution in [-0.4, -0.2) is 24.4 Å². The van der Waals surface area contributed by atoms with E-state index in [1.54, 1.807) is 7.11 Å². The minimum atomic E-state index is -0.153. The van der Waals surface area contributed by atoms with Gasteiger partial charge in [-0.2, -0.15) is 0 Å². The molecule has 2 N–H and O–H groups in total. The molecular formula is C14H23NO2. The zero-order chi connectivity index (χ0) is 12.7. The van der Waals surface area contributed by atoms with Gasteiger partial charge in [0.05, 0.1) is 13.7 Å². The Kier molecular flexibility index (Phi) is 5.45. The molecule has 0 heterocycles.